The largest absolute Gasteiger partial charge is 1.00 e. The van der Waals surface area contributed by atoms with Crippen LogP contribution < -0.4 is 69.3 Å². The van der Waals surface area contributed by atoms with Crippen molar-refractivity contribution < 1.29 is 134 Å². The molecule has 0 heterocycles. The van der Waals surface area contributed by atoms with E-state index in [4.69, 9.17) is 45.6 Å². The number of carboxylic acids is 6. The van der Waals surface area contributed by atoms with E-state index in [1.807, 2.05) is 0 Å². The molecule has 0 radical (unpaired) electrons. The van der Waals surface area contributed by atoms with Crippen molar-refractivity contribution in [2.75, 3.05) is 0 Å². The molecule has 0 aromatic rings. The van der Waals surface area contributed by atoms with Crippen LogP contribution in [0.2, 0.25) is 0 Å². The van der Waals surface area contributed by atoms with Crippen LogP contribution in [-0.4, -0.2) is 72.6 Å². The van der Waals surface area contributed by atoms with Gasteiger partial charge in [-0.2, -0.15) is 0 Å². The molecule has 0 unspecified atom stereocenters. The van der Waals surface area contributed by atoms with Gasteiger partial charge in [-0.15, -0.1) is 0 Å². The van der Waals surface area contributed by atoms with Gasteiger partial charge in [0.15, 0.2) is 0 Å². The SMILES string of the molecule is CCCCCCCCCCCCCCCCCCCCCC(=O)O.CCCCCCCCCCCCCCCCCCCCCC(=O)O.CCCCCCCCCCCCCCCCCCCCCC(=O)O.CCCCCCCCCCCCCCCCCCCCCC(=O)O.CCCCCCCCCCCCCCCCCCCCCC(=O)O.CCCCCCCCCCCCCCCCCCCCCC(=O)O.O=C([O-])[O-].[Na+].[Na+]. The van der Waals surface area contributed by atoms with E-state index in [9.17, 15) is 28.8 Å². The normalized spacial score (nSPS) is 10.8. The summed E-state index contributed by atoms with van der Waals surface area (Å²) in [5.41, 5.74) is 0. The van der Waals surface area contributed by atoms with Gasteiger partial charge in [0, 0.05) is 38.5 Å². The smallest absolute Gasteiger partial charge is 0.652 e. The van der Waals surface area contributed by atoms with E-state index in [0.717, 1.165) is 77.0 Å². The molecule has 0 aromatic carbocycles. The molecule has 0 aliphatic heterocycles. The van der Waals surface area contributed by atoms with E-state index < -0.39 is 42.0 Å². The van der Waals surface area contributed by atoms with Crippen molar-refractivity contribution in [3.8, 4) is 0 Å². The Kier molecular flexibility index (Phi) is 179. The molecule has 15 nitrogen and oxygen atoms in total. The first-order chi connectivity index (χ1) is 72.4. The molecule has 0 aliphatic rings. The van der Waals surface area contributed by atoms with Gasteiger partial charge in [0.25, 0.3) is 0 Å². The quantitative estimate of drug-likeness (QED) is 0.0244. The molecule has 6 N–H and O–H groups in total. The number of carbonyl (C=O) groups excluding carboxylic acids is 1. The van der Waals surface area contributed by atoms with E-state index in [2.05, 4.69) is 41.5 Å². The van der Waals surface area contributed by atoms with Crippen LogP contribution in [-0.2, 0) is 28.8 Å². The summed E-state index contributed by atoms with van der Waals surface area (Å²) in [5, 5.41) is 68.0. The minimum atomic E-state index is -2.33. The summed E-state index contributed by atoms with van der Waals surface area (Å²) in [7, 11) is 0. The molecule has 0 saturated carbocycles. The summed E-state index contributed by atoms with van der Waals surface area (Å²) in [4.78, 5) is 70.6. The number of carbonyl (C=O) groups is 7. The Balaban J connectivity index is -0.000000225. The molecule has 0 fully saturated rings. The molecule has 150 heavy (non-hydrogen) atoms. The van der Waals surface area contributed by atoms with Gasteiger partial charge in [-0.05, 0) is 44.7 Å². The van der Waals surface area contributed by atoms with Crippen LogP contribution in [0.1, 0.15) is 812 Å². The second-order valence-electron chi connectivity index (χ2n) is 45.3. The fourth-order valence-corrected chi connectivity index (χ4v) is 20.1. The van der Waals surface area contributed by atoms with Crippen LogP contribution in [0.4, 0.5) is 4.79 Å². The molecule has 0 aliphatic carbocycles. The third-order valence-corrected chi connectivity index (χ3v) is 30.0. The average molecular weight is 2150 g/mol. The number of unbranched alkanes of at least 4 members (excludes halogenated alkanes) is 108. The van der Waals surface area contributed by atoms with Gasteiger partial charge < -0.3 is 45.6 Å². The Labute approximate surface area is 979 Å². The van der Waals surface area contributed by atoms with E-state index >= 15 is 0 Å². The first kappa shape index (κ1) is 166. The maximum atomic E-state index is 10.4. The molecule has 0 aromatic heterocycles. The predicted molar refractivity (Wildman–Crippen MR) is 639 cm³/mol. The first-order valence-electron chi connectivity index (χ1n) is 66.5. The number of hydrogen-bond donors (Lipinski definition) is 6. The molecule has 0 rings (SSSR count). The van der Waals surface area contributed by atoms with Crippen LogP contribution in [0.3, 0.4) is 0 Å². The Morgan fingerprint density at radius 3 is 0.187 bits per heavy atom. The van der Waals surface area contributed by atoms with Gasteiger partial charge in [-0.1, -0.05) is 735 Å². The molecule has 0 spiro atoms. The van der Waals surface area contributed by atoms with Gasteiger partial charge in [0.05, 0.1) is 0 Å². The van der Waals surface area contributed by atoms with Gasteiger partial charge in [-0.3, -0.25) is 28.8 Å². The van der Waals surface area contributed by atoms with Gasteiger partial charge in [0.1, 0.15) is 0 Å². The zero-order chi connectivity index (χ0) is 110. The summed E-state index contributed by atoms with van der Waals surface area (Å²) in [6.45, 7) is 13.7. The van der Waals surface area contributed by atoms with Crippen molar-refractivity contribution >= 4 is 42.0 Å². The second-order valence-corrected chi connectivity index (χ2v) is 45.3. The van der Waals surface area contributed by atoms with Crippen LogP contribution in [0.15, 0.2) is 0 Å². The third kappa shape index (κ3) is 200. The fourth-order valence-electron chi connectivity index (χ4n) is 20.1. The van der Waals surface area contributed by atoms with Gasteiger partial charge in [-0.25, -0.2) is 0 Å². The number of rotatable bonds is 120. The summed E-state index contributed by atoms with van der Waals surface area (Å²) in [6, 6.07) is 0. The topological polar surface area (TPSA) is 287 Å². The Hall–Kier alpha value is -1.91. The maximum Gasteiger partial charge on any atom is 1.00 e. The van der Waals surface area contributed by atoms with Crippen LogP contribution in [0, 0.1) is 0 Å². The maximum absolute atomic E-state index is 10.4. The van der Waals surface area contributed by atoms with Crippen molar-refractivity contribution in [1.82, 2.24) is 0 Å². The summed E-state index contributed by atoms with van der Waals surface area (Å²) >= 11 is 0. The molecule has 0 bridgehead atoms. The molecular weight excluding hydrogens is 1880 g/mol. The van der Waals surface area contributed by atoms with Crippen molar-refractivity contribution in [1.29, 1.82) is 0 Å². The van der Waals surface area contributed by atoms with Crippen LogP contribution in [0.5, 0.6) is 0 Å². The molecular formula is C133H264Na2O15. The van der Waals surface area contributed by atoms with Crippen molar-refractivity contribution in [2.24, 2.45) is 0 Å². The fraction of sp³-hybridized carbons (Fsp3) is 0.947. The summed E-state index contributed by atoms with van der Waals surface area (Å²) in [5.74, 6) is -3.91. The standard InChI is InChI=1S/6C22H44O2.CH2O3.2Na/c6*1-2-3-4-5-6-7-8-9-10-11-12-13-14-15-16-17-18-19-20-21-22(23)24;2-1(3)4;;/h6*2-21H2,1H3,(H,23,24);(H2,2,3,4);;/q;;;;;;;2*+1/p-2. The number of aliphatic carboxylic acids is 6. The minimum Gasteiger partial charge on any atom is -0.652 e. The van der Waals surface area contributed by atoms with E-state index in [-0.39, 0.29) is 59.1 Å². The van der Waals surface area contributed by atoms with E-state index in [1.165, 1.54) is 655 Å². The van der Waals surface area contributed by atoms with Crippen molar-refractivity contribution in [2.45, 2.75) is 812 Å². The molecule has 0 amide bonds. The van der Waals surface area contributed by atoms with Crippen molar-refractivity contribution in [3.63, 3.8) is 0 Å². The monoisotopic (exact) mass is 2150 g/mol. The second kappa shape index (κ2) is 162. The predicted octanol–water partition coefficient (Wildman–Crippen LogP) is 38.9. The molecule has 17 heteroatoms. The van der Waals surface area contributed by atoms with Crippen molar-refractivity contribution in [3.05, 3.63) is 0 Å². The number of carboxylic acid groups (broad SMARTS) is 8. The zero-order valence-electron chi connectivity index (χ0n) is 103. The van der Waals surface area contributed by atoms with E-state index in [0.29, 0.717) is 38.5 Å². The average Bonchev–Trinajstić information content (AvgIpc) is 1.09. The summed E-state index contributed by atoms with van der Waals surface area (Å²) < 4.78 is 0. The molecule has 0 saturated heterocycles. The van der Waals surface area contributed by atoms with Gasteiger partial charge in [0.2, 0.25) is 0 Å². The zero-order valence-corrected chi connectivity index (χ0v) is 107. The Morgan fingerprint density at radius 2 is 0.147 bits per heavy atom. The molecule has 888 valence electrons. The molecule has 0 atom stereocenters. The van der Waals surface area contributed by atoms with Crippen LogP contribution >= 0.6 is 0 Å². The Bertz CT molecular complexity index is 2030. The minimum absolute atomic E-state index is 0. The summed E-state index contributed by atoms with van der Waals surface area (Å²) in [6.07, 6.45) is 154. The van der Waals surface area contributed by atoms with Gasteiger partial charge >= 0.3 is 94.9 Å². The third-order valence-electron chi connectivity index (χ3n) is 30.0. The first-order valence-corrected chi connectivity index (χ1v) is 66.5. The number of hydrogen-bond acceptors (Lipinski definition) is 9. The Morgan fingerprint density at radius 1 is 0.107 bits per heavy atom. The van der Waals surface area contributed by atoms with E-state index in [1.54, 1.807) is 0 Å². The van der Waals surface area contributed by atoms with Crippen LogP contribution in [0.25, 0.3) is 0 Å².